The van der Waals surface area contributed by atoms with Crippen LogP contribution in [0, 0.1) is 11.8 Å². The third kappa shape index (κ3) is 4.09. The van der Waals surface area contributed by atoms with Gasteiger partial charge in [-0.3, -0.25) is 14.5 Å². The fraction of sp³-hybridized carbons (Fsp3) is 0.619. The topological polar surface area (TPSA) is 43.9 Å². The molecule has 1 aromatic carbocycles. The predicted molar refractivity (Wildman–Crippen MR) is 100 cm³/mol. The standard InChI is InChI=1S/C21H29N3O2/c25-20(18-6-7-18)23-10-8-19(9-11-23)21(26)24-14-12-22(13-15-24)16-17-4-2-1-3-5-17/h1-5,18-19H,6-16H2. The maximum Gasteiger partial charge on any atom is 0.225 e. The van der Waals surface area contributed by atoms with Crippen molar-refractivity contribution in [1.29, 1.82) is 0 Å². The monoisotopic (exact) mass is 355 g/mol. The molecule has 140 valence electrons. The third-order valence-corrected chi connectivity index (χ3v) is 6.02. The second-order valence-corrected chi connectivity index (χ2v) is 7.96. The van der Waals surface area contributed by atoms with E-state index in [0.29, 0.717) is 17.7 Å². The van der Waals surface area contributed by atoms with Gasteiger partial charge in [0.1, 0.15) is 0 Å². The van der Waals surface area contributed by atoms with Crippen LogP contribution < -0.4 is 0 Å². The summed E-state index contributed by atoms with van der Waals surface area (Å²) in [7, 11) is 0. The van der Waals surface area contributed by atoms with E-state index in [4.69, 9.17) is 0 Å². The maximum absolute atomic E-state index is 12.8. The Balaban J connectivity index is 1.22. The Kier molecular flexibility index (Phi) is 5.25. The number of carbonyl (C=O) groups is 2. The first-order valence-corrected chi connectivity index (χ1v) is 10.0. The van der Waals surface area contributed by atoms with Crippen LogP contribution >= 0.6 is 0 Å². The van der Waals surface area contributed by atoms with E-state index in [-0.39, 0.29) is 5.92 Å². The largest absolute Gasteiger partial charge is 0.342 e. The van der Waals surface area contributed by atoms with Crippen LogP contribution in [0.25, 0.3) is 0 Å². The summed E-state index contributed by atoms with van der Waals surface area (Å²) in [6.07, 6.45) is 3.79. The van der Waals surface area contributed by atoms with E-state index in [1.165, 1.54) is 5.56 Å². The van der Waals surface area contributed by atoms with Crippen molar-refractivity contribution >= 4 is 11.8 Å². The molecule has 4 rings (SSSR count). The van der Waals surface area contributed by atoms with Crippen molar-refractivity contribution in [2.24, 2.45) is 11.8 Å². The van der Waals surface area contributed by atoms with E-state index in [9.17, 15) is 9.59 Å². The Morgan fingerprint density at radius 1 is 0.731 bits per heavy atom. The van der Waals surface area contributed by atoms with Crippen LogP contribution in [0.2, 0.25) is 0 Å². The highest BCUT2D eigenvalue weighted by Crippen LogP contribution is 2.32. The molecule has 5 heteroatoms. The van der Waals surface area contributed by atoms with Gasteiger partial charge < -0.3 is 9.80 Å². The Morgan fingerprint density at radius 2 is 1.27 bits per heavy atom. The number of likely N-dealkylation sites (tertiary alicyclic amines) is 1. The first-order valence-electron chi connectivity index (χ1n) is 10.0. The van der Waals surface area contributed by atoms with Crippen molar-refractivity contribution in [3.63, 3.8) is 0 Å². The quantitative estimate of drug-likeness (QED) is 0.830. The van der Waals surface area contributed by atoms with Crippen LogP contribution in [0.4, 0.5) is 0 Å². The summed E-state index contributed by atoms with van der Waals surface area (Å²) in [5.41, 5.74) is 1.33. The van der Waals surface area contributed by atoms with Crippen molar-refractivity contribution < 1.29 is 9.59 Å². The number of hydrogen-bond acceptors (Lipinski definition) is 3. The zero-order valence-electron chi connectivity index (χ0n) is 15.5. The van der Waals surface area contributed by atoms with E-state index in [2.05, 4.69) is 29.2 Å². The van der Waals surface area contributed by atoms with Gasteiger partial charge >= 0.3 is 0 Å². The Bertz CT molecular complexity index is 628. The molecule has 2 heterocycles. The van der Waals surface area contributed by atoms with Gasteiger partial charge in [0.15, 0.2) is 0 Å². The molecule has 1 aliphatic carbocycles. The highest BCUT2D eigenvalue weighted by molar-refractivity contribution is 5.82. The highest BCUT2D eigenvalue weighted by atomic mass is 16.2. The van der Waals surface area contributed by atoms with Gasteiger partial charge in [0, 0.05) is 57.6 Å². The van der Waals surface area contributed by atoms with Crippen LogP contribution in [0.15, 0.2) is 30.3 Å². The number of hydrogen-bond donors (Lipinski definition) is 0. The molecule has 0 radical (unpaired) electrons. The Morgan fingerprint density at radius 3 is 1.85 bits per heavy atom. The lowest BCUT2D eigenvalue weighted by Gasteiger charge is -2.38. The van der Waals surface area contributed by atoms with Gasteiger partial charge in [-0.15, -0.1) is 0 Å². The Hall–Kier alpha value is -1.88. The summed E-state index contributed by atoms with van der Waals surface area (Å²) in [6, 6.07) is 10.5. The summed E-state index contributed by atoms with van der Waals surface area (Å²) in [5, 5.41) is 0. The molecular weight excluding hydrogens is 326 g/mol. The summed E-state index contributed by atoms with van der Waals surface area (Å²) in [5.74, 6) is 1.03. The fourth-order valence-electron chi connectivity index (χ4n) is 4.16. The summed E-state index contributed by atoms with van der Waals surface area (Å²) in [4.78, 5) is 31.5. The van der Waals surface area contributed by atoms with Crippen LogP contribution in [0.5, 0.6) is 0 Å². The summed E-state index contributed by atoms with van der Waals surface area (Å²) < 4.78 is 0. The molecule has 0 N–H and O–H groups in total. The van der Waals surface area contributed by atoms with Crippen LogP contribution in [-0.2, 0) is 16.1 Å². The van der Waals surface area contributed by atoms with Gasteiger partial charge in [0.25, 0.3) is 0 Å². The lowest BCUT2D eigenvalue weighted by molar-refractivity contribution is -0.142. The van der Waals surface area contributed by atoms with Crippen LogP contribution in [-0.4, -0.2) is 65.8 Å². The van der Waals surface area contributed by atoms with Gasteiger partial charge in [0.2, 0.25) is 11.8 Å². The third-order valence-electron chi connectivity index (χ3n) is 6.02. The SMILES string of the molecule is O=C(C1CC1)N1CCC(C(=O)N2CCN(Cc3ccccc3)CC2)CC1. The predicted octanol–water partition coefficient (Wildman–Crippen LogP) is 1.98. The minimum atomic E-state index is 0.110. The average Bonchev–Trinajstić information content (AvgIpc) is 3.54. The van der Waals surface area contributed by atoms with Gasteiger partial charge in [-0.1, -0.05) is 30.3 Å². The fourth-order valence-corrected chi connectivity index (χ4v) is 4.16. The molecule has 3 fully saturated rings. The molecule has 3 aliphatic rings. The van der Waals surface area contributed by atoms with Crippen LogP contribution in [0.1, 0.15) is 31.2 Å². The van der Waals surface area contributed by atoms with E-state index in [1.54, 1.807) is 0 Å². The first-order chi connectivity index (χ1) is 12.7. The van der Waals surface area contributed by atoms with Gasteiger partial charge in [-0.05, 0) is 31.2 Å². The molecule has 0 bridgehead atoms. The molecule has 2 saturated heterocycles. The lowest BCUT2D eigenvalue weighted by atomic mass is 9.94. The number of benzene rings is 1. The van der Waals surface area contributed by atoms with Crippen molar-refractivity contribution in [3.8, 4) is 0 Å². The average molecular weight is 355 g/mol. The molecule has 0 atom stereocenters. The molecule has 1 saturated carbocycles. The lowest BCUT2D eigenvalue weighted by Crippen LogP contribution is -2.51. The van der Waals surface area contributed by atoms with Crippen molar-refractivity contribution in [3.05, 3.63) is 35.9 Å². The molecule has 2 aliphatic heterocycles. The number of carbonyl (C=O) groups excluding carboxylic acids is 2. The number of piperidine rings is 1. The zero-order valence-corrected chi connectivity index (χ0v) is 15.5. The minimum Gasteiger partial charge on any atom is -0.342 e. The summed E-state index contributed by atoms with van der Waals surface area (Å²) in [6.45, 7) is 6.03. The van der Waals surface area contributed by atoms with E-state index in [0.717, 1.165) is 71.5 Å². The van der Waals surface area contributed by atoms with E-state index < -0.39 is 0 Å². The second-order valence-electron chi connectivity index (χ2n) is 7.96. The maximum atomic E-state index is 12.8. The molecule has 0 aromatic heterocycles. The van der Waals surface area contributed by atoms with Gasteiger partial charge in [-0.2, -0.15) is 0 Å². The van der Waals surface area contributed by atoms with Crippen LogP contribution in [0.3, 0.4) is 0 Å². The van der Waals surface area contributed by atoms with Gasteiger partial charge in [0.05, 0.1) is 0 Å². The van der Waals surface area contributed by atoms with Crippen molar-refractivity contribution in [2.75, 3.05) is 39.3 Å². The molecule has 2 amide bonds. The minimum absolute atomic E-state index is 0.110. The molecular formula is C21H29N3O2. The molecule has 26 heavy (non-hydrogen) atoms. The van der Waals surface area contributed by atoms with Crippen molar-refractivity contribution in [1.82, 2.24) is 14.7 Å². The highest BCUT2D eigenvalue weighted by Gasteiger charge is 2.37. The number of amides is 2. The smallest absolute Gasteiger partial charge is 0.225 e. The molecule has 5 nitrogen and oxygen atoms in total. The normalized spacial score (nSPS) is 22.5. The molecule has 1 aromatic rings. The molecule has 0 unspecified atom stereocenters. The summed E-state index contributed by atoms with van der Waals surface area (Å²) >= 11 is 0. The van der Waals surface area contributed by atoms with E-state index >= 15 is 0 Å². The number of nitrogens with zero attached hydrogens (tertiary/aromatic N) is 3. The van der Waals surface area contributed by atoms with Crippen molar-refractivity contribution in [2.45, 2.75) is 32.2 Å². The molecule has 0 spiro atoms. The first kappa shape index (κ1) is 17.5. The zero-order chi connectivity index (χ0) is 17.9. The number of piperazine rings is 1. The second kappa shape index (κ2) is 7.78. The van der Waals surface area contributed by atoms with Gasteiger partial charge in [-0.25, -0.2) is 0 Å². The number of rotatable bonds is 4. The Labute approximate surface area is 155 Å². The van der Waals surface area contributed by atoms with E-state index in [1.807, 2.05) is 15.9 Å².